The van der Waals surface area contributed by atoms with Crippen LogP contribution >= 0.6 is 0 Å². The molecular formula is C14H22N2. The van der Waals surface area contributed by atoms with Crippen molar-refractivity contribution >= 4 is 0 Å². The summed E-state index contributed by atoms with van der Waals surface area (Å²) in [5.41, 5.74) is 1.37. The molecule has 1 unspecified atom stereocenters. The molecular weight excluding hydrogens is 196 g/mol. The van der Waals surface area contributed by atoms with Gasteiger partial charge in [-0.3, -0.25) is 4.98 Å². The Labute approximate surface area is 98.5 Å². The van der Waals surface area contributed by atoms with E-state index in [1.807, 2.05) is 18.5 Å². The van der Waals surface area contributed by atoms with Crippen molar-refractivity contribution in [1.29, 1.82) is 0 Å². The number of nitrogens with one attached hydrogen (secondary N) is 1. The van der Waals surface area contributed by atoms with Gasteiger partial charge in [-0.15, -0.1) is 0 Å². The molecule has 1 N–H and O–H groups in total. The highest BCUT2D eigenvalue weighted by Gasteiger charge is 2.29. The summed E-state index contributed by atoms with van der Waals surface area (Å²) in [5.74, 6) is 0.967. The molecule has 2 rings (SSSR count). The van der Waals surface area contributed by atoms with Crippen LogP contribution in [0.2, 0.25) is 0 Å². The van der Waals surface area contributed by atoms with Crippen molar-refractivity contribution in [2.24, 2.45) is 5.92 Å². The SMILES string of the molecule is CCNC(CCCc1cccnc1)C1CC1. The Morgan fingerprint density at radius 3 is 3.00 bits per heavy atom. The minimum absolute atomic E-state index is 0.765. The maximum Gasteiger partial charge on any atom is 0.0299 e. The molecule has 0 spiro atoms. The lowest BCUT2D eigenvalue weighted by Crippen LogP contribution is -2.30. The Hall–Kier alpha value is -0.890. The molecule has 88 valence electrons. The normalized spacial score (nSPS) is 17.3. The summed E-state index contributed by atoms with van der Waals surface area (Å²) >= 11 is 0. The van der Waals surface area contributed by atoms with Crippen molar-refractivity contribution in [3.8, 4) is 0 Å². The first kappa shape index (κ1) is 11.6. The predicted molar refractivity (Wildman–Crippen MR) is 67.4 cm³/mol. The van der Waals surface area contributed by atoms with Gasteiger partial charge in [0.2, 0.25) is 0 Å². The van der Waals surface area contributed by atoms with Gasteiger partial charge in [-0.05, 0) is 56.2 Å². The van der Waals surface area contributed by atoms with Crippen molar-refractivity contribution < 1.29 is 0 Å². The van der Waals surface area contributed by atoms with Crippen LogP contribution in [-0.4, -0.2) is 17.6 Å². The molecule has 2 heteroatoms. The van der Waals surface area contributed by atoms with Crippen molar-refractivity contribution in [2.75, 3.05) is 6.54 Å². The lowest BCUT2D eigenvalue weighted by atomic mass is 10.0. The van der Waals surface area contributed by atoms with Gasteiger partial charge in [-0.1, -0.05) is 13.0 Å². The van der Waals surface area contributed by atoms with E-state index in [0.29, 0.717) is 0 Å². The van der Waals surface area contributed by atoms with Gasteiger partial charge in [0.25, 0.3) is 0 Å². The molecule has 2 nitrogen and oxygen atoms in total. The first-order valence-electron chi connectivity index (χ1n) is 6.52. The van der Waals surface area contributed by atoms with Crippen molar-refractivity contribution in [3.05, 3.63) is 30.1 Å². The fourth-order valence-corrected chi connectivity index (χ4v) is 2.34. The molecule has 1 fully saturated rings. The maximum absolute atomic E-state index is 4.15. The Balaban J connectivity index is 1.70. The molecule has 0 aromatic carbocycles. The van der Waals surface area contributed by atoms with Crippen LogP contribution in [0.4, 0.5) is 0 Å². The Morgan fingerprint density at radius 1 is 1.50 bits per heavy atom. The van der Waals surface area contributed by atoms with Crippen molar-refractivity contribution in [3.63, 3.8) is 0 Å². The van der Waals surface area contributed by atoms with E-state index in [-0.39, 0.29) is 0 Å². The molecule has 1 aliphatic rings. The Kier molecular flexibility index (Phi) is 4.34. The van der Waals surface area contributed by atoms with E-state index in [1.165, 1.54) is 37.7 Å². The fourth-order valence-electron chi connectivity index (χ4n) is 2.34. The van der Waals surface area contributed by atoms with Gasteiger partial charge in [0.05, 0.1) is 0 Å². The maximum atomic E-state index is 4.15. The van der Waals surface area contributed by atoms with Gasteiger partial charge >= 0.3 is 0 Å². The van der Waals surface area contributed by atoms with E-state index in [9.17, 15) is 0 Å². The number of aryl methyl sites for hydroxylation is 1. The average molecular weight is 218 g/mol. The Morgan fingerprint density at radius 2 is 2.38 bits per heavy atom. The van der Waals surface area contributed by atoms with Crippen LogP contribution in [0.1, 0.15) is 38.2 Å². The Bertz CT molecular complexity index is 293. The molecule has 1 aliphatic carbocycles. The van der Waals surface area contributed by atoms with E-state index in [2.05, 4.69) is 23.3 Å². The van der Waals surface area contributed by atoms with Crippen LogP contribution in [0.5, 0.6) is 0 Å². The zero-order valence-electron chi connectivity index (χ0n) is 10.2. The van der Waals surface area contributed by atoms with E-state index in [1.54, 1.807) is 0 Å². The second-order valence-corrected chi connectivity index (χ2v) is 4.76. The summed E-state index contributed by atoms with van der Waals surface area (Å²) in [4.78, 5) is 4.15. The lowest BCUT2D eigenvalue weighted by molar-refractivity contribution is 0.434. The minimum Gasteiger partial charge on any atom is -0.314 e. The largest absolute Gasteiger partial charge is 0.314 e. The first-order chi connectivity index (χ1) is 7.90. The first-order valence-corrected chi connectivity index (χ1v) is 6.52. The average Bonchev–Trinajstić information content (AvgIpc) is 3.13. The smallest absolute Gasteiger partial charge is 0.0299 e. The highest BCUT2D eigenvalue weighted by molar-refractivity contribution is 5.08. The molecule has 0 aliphatic heterocycles. The van der Waals surface area contributed by atoms with Crippen molar-refractivity contribution in [2.45, 2.75) is 45.1 Å². The number of hydrogen-bond donors (Lipinski definition) is 1. The summed E-state index contributed by atoms with van der Waals surface area (Å²) < 4.78 is 0. The number of nitrogens with zero attached hydrogens (tertiary/aromatic N) is 1. The van der Waals surface area contributed by atoms with Gasteiger partial charge in [0, 0.05) is 18.4 Å². The highest BCUT2D eigenvalue weighted by atomic mass is 14.9. The standard InChI is InChI=1S/C14H22N2/c1-2-16-14(13-8-9-13)7-3-5-12-6-4-10-15-11-12/h4,6,10-11,13-14,16H,2-3,5,7-9H2,1H3. The van der Waals surface area contributed by atoms with Crippen molar-refractivity contribution in [1.82, 2.24) is 10.3 Å². The van der Waals surface area contributed by atoms with E-state index < -0.39 is 0 Å². The number of pyridine rings is 1. The minimum atomic E-state index is 0.765. The van der Waals surface area contributed by atoms with Gasteiger partial charge in [-0.25, -0.2) is 0 Å². The topological polar surface area (TPSA) is 24.9 Å². The second-order valence-electron chi connectivity index (χ2n) is 4.76. The van der Waals surface area contributed by atoms with Crippen LogP contribution in [0.3, 0.4) is 0 Å². The predicted octanol–water partition coefficient (Wildman–Crippen LogP) is 2.79. The molecule has 0 radical (unpaired) electrons. The van der Waals surface area contributed by atoms with E-state index in [4.69, 9.17) is 0 Å². The molecule has 1 saturated carbocycles. The molecule has 1 atom stereocenters. The van der Waals surface area contributed by atoms with Gasteiger partial charge < -0.3 is 5.32 Å². The van der Waals surface area contributed by atoms with Gasteiger partial charge in [0.1, 0.15) is 0 Å². The fraction of sp³-hybridized carbons (Fsp3) is 0.643. The van der Waals surface area contributed by atoms with Gasteiger partial charge in [0.15, 0.2) is 0 Å². The quantitative estimate of drug-likeness (QED) is 0.761. The molecule has 0 bridgehead atoms. The molecule has 1 heterocycles. The third kappa shape index (κ3) is 3.60. The highest BCUT2D eigenvalue weighted by Crippen LogP contribution is 2.34. The molecule has 16 heavy (non-hydrogen) atoms. The van der Waals surface area contributed by atoms with Crippen LogP contribution < -0.4 is 5.32 Å². The number of hydrogen-bond acceptors (Lipinski definition) is 2. The molecule has 1 aromatic rings. The van der Waals surface area contributed by atoms with E-state index in [0.717, 1.165) is 18.5 Å². The zero-order valence-corrected chi connectivity index (χ0v) is 10.2. The molecule has 0 saturated heterocycles. The van der Waals surface area contributed by atoms with Crippen LogP contribution in [0, 0.1) is 5.92 Å². The summed E-state index contributed by atoms with van der Waals surface area (Å²) in [5, 5.41) is 3.62. The zero-order chi connectivity index (χ0) is 11.2. The monoisotopic (exact) mass is 218 g/mol. The third-order valence-electron chi connectivity index (χ3n) is 3.36. The van der Waals surface area contributed by atoms with E-state index >= 15 is 0 Å². The summed E-state index contributed by atoms with van der Waals surface area (Å²) in [6.45, 7) is 3.31. The van der Waals surface area contributed by atoms with Crippen LogP contribution in [-0.2, 0) is 6.42 Å². The van der Waals surface area contributed by atoms with Crippen LogP contribution in [0.25, 0.3) is 0 Å². The molecule has 0 amide bonds. The summed E-state index contributed by atoms with van der Waals surface area (Å²) in [6, 6.07) is 4.96. The third-order valence-corrected chi connectivity index (χ3v) is 3.36. The second kappa shape index (κ2) is 6.00. The lowest BCUT2D eigenvalue weighted by Gasteiger charge is -2.16. The molecule has 1 aromatic heterocycles. The summed E-state index contributed by atoms with van der Waals surface area (Å²) in [6.07, 6.45) is 10.5. The van der Waals surface area contributed by atoms with Crippen LogP contribution in [0.15, 0.2) is 24.5 Å². The van der Waals surface area contributed by atoms with Gasteiger partial charge in [-0.2, -0.15) is 0 Å². The number of rotatable bonds is 7. The number of aromatic nitrogens is 1. The summed E-state index contributed by atoms with van der Waals surface area (Å²) in [7, 11) is 0.